The van der Waals surface area contributed by atoms with Crippen molar-refractivity contribution in [2.24, 2.45) is 11.8 Å². The highest BCUT2D eigenvalue weighted by Crippen LogP contribution is 2.24. The molecule has 110 valence electrons. The van der Waals surface area contributed by atoms with Crippen LogP contribution in [-0.4, -0.2) is 78.5 Å². The number of rotatable bonds is 6. The molecule has 2 amide bonds. The SMILES string of the molecule is COCCN(CCO)C(=O)N1C[C@@H](C)[C@H](C(=O)O)C1. The Morgan fingerprint density at radius 3 is 2.53 bits per heavy atom. The van der Waals surface area contributed by atoms with E-state index in [0.717, 1.165) is 0 Å². The number of hydrogen-bond donors (Lipinski definition) is 2. The summed E-state index contributed by atoms with van der Waals surface area (Å²) in [4.78, 5) is 26.3. The standard InChI is InChI=1S/C12H22N2O5/c1-9-7-14(8-10(9)11(16)17)12(18)13(3-5-15)4-6-19-2/h9-10,15H,3-8H2,1-2H3,(H,16,17)/t9-,10-/m1/s1. The number of carboxylic acids is 1. The highest BCUT2D eigenvalue weighted by atomic mass is 16.5. The van der Waals surface area contributed by atoms with E-state index in [9.17, 15) is 9.59 Å². The van der Waals surface area contributed by atoms with Gasteiger partial charge >= 0.3 is 12.0 Å². The van der Waals surface area contributed by atoms with E-state index in [1.165, 1.54) is 9.80 Å². The molecule has 7 heteroatoms. The van der Waals surface area contributed by atoms with Crippen LogP contribution in [0, 0.1) is 11.8 Å². The second kappa shape index (κ2) is 7.30. The number of methoxy groups -OCH3 is 1. The molecule has 0 radical (unpaired) electrons. The van der Waals surface area contributed by atoms with Crippen molar-refractivity contribution >= 4 is 12.0 Å². The average molecular weight is 274 g/mol. The molecule has 1 heterocycles. The zero-order chi connectivity index (χ0) is 14.4. The van der Waals surface area contributed by atoms with Gasteiger partial charge in [0.05, 0.1) is 19.1 Å². The Bertz CT molecular complexity index is 323. The lowest BCUT2D eigenvalue weighted by Crippen LogP contribution is -2.45. The monoisotopic (exact) mass is 274 g/mol. The first-order chi connectivity index (χ1) is 9.01. The highest BCUT2D eigenvalue weighted by Gasteiger charge is 2.38. The summed E-state index contributed by atoms with van der Waals surface area (Å²) in [6.07, 6.45) is 0. The van der Waals surface area contributed by atoms with E-state index >= 15 is 0 Å². The summed E-state index contributed by atoms with van der Waals surface area (Å²) >= 11 is 0. The zero-order valence-electron chi connectivity index (χ0n) is 11.4. The number of aliphatic carboxylic acids is 1. The van der Waals surface area contributed by atoms with Gasteiger partial charge in [-0.15, -0.1) is 0 Å². The molecule has 1 rings (SSSR count). The Kier molecular flexibility index (Phi) is 6.04. The Labute approximate surface area is 112 Å². The van der Waals surface area contributed by atoms with Crippen molar-refractivity contribution in [1.29, 1.82) is 0 Å². The molecule has 0 aromatic rings. The summed E-state index contributed by atoms with van der Waals surface area (Å²) in [6, 6.07) is -0.235. The number of ether oxygens (including phenoxy) is 1. The first-order valence-corrected chi connectivity index (χ1v) is 6.37. The van der Waals surface area contributed by atoms with Crippen molar-refractivity contribution in [2.75, 3.05) is 46.5 Å². The molecule has 0 aromatic heterocycles. The van der Waals surface area contributed by atoms with E-state index in [1.54, 1.807) is 7.11 Å². The first-order valence-electron chi connectivity index (χ1n) is 6.37. The molecule has 0 unspecified atom stereocenters. The molecule has 0 aliphatic carbocycles. The fourth-order valence-corrected chi connectivity index (χ4v) is 2.27. The maximum Gasteiger partial charge on any atom is 0.320 e. The molecule has 19 heavy (non-hydrogen) atoms. The summed E-state index contributed by atoms with van der Waals surface area (Å²) in [5.74, 6) is -1.43. The lowest BCUT2D eigenvalue weighted by atomic mass is 9.99. The summed E-state index contributed by atoms with van der Waals surface area (Å²) < 4.78 is 4.92. The average Bonchev–Trinajstić information content (AvgIpc) is 2.76. The van der Waals surface area contributed by atoms with Gasteiger partial charge in [0.15, 0.2) is 0 Å². The summed E-state index contributed by atoms with van der Waals surface area (Å²) in [5.41, 5.74) is 0. The predicted molar refractivity (Wildman–Crippen MR) is 67.8 cm³/mol. The number of nitrogens with zero attached hydrogens (tertiary/aromatic N) is 2. The quantitative estimate of drug-likeness (QED) is 0.694. The van der Waals surface area contributed by atoms with Gasteiger partial charge in [-0.1, -0.05) is 6.92 Å². The van der Waals surface area contributed by atoms with Crippen molar-refractivity contribution in [3.8, 4) is 0 Å². The predicted octanol–water partition coefficient (Wildman–Crippen LogP) is -0.300. The van der Waals surface area contributed by atoms with Gasteiger partial charge in [-0.05, 0) is 5.92 Å². The van der Waals surface area contributed by atoms with Crippen molar-refractivity contribution in [3.63, 3.8) is 0 Å². The number of carbonyl (C=O) groups is 2. The van der Waals surface area contributed by atoms with Crippen molar-refractivity contribution in [3.05, 3.63) is 0 Å². The second-order valence-electron chi connectivity index (χ2n) is 4.81. The van der Waals surface area contributed by atoms with Crippen LogP contribution in [0.15, 0.2) is 0 Å². The summed E-state index contributed by atoms with van der Waals surface area (Å²) in [7, 11) is 1.54. The topological polar surface area (TPSA) is 90.3 Å². The molecule has 2 atom stereocenters. The molecule has 0 spiro atoms. The minimum atomic E-state index is -0.867. The van der Waals surface area contributed by atoms with Crippen molar-refractivity contribution < 1.29 is 24.5 Å². The van der Waals surface area contributed by atoms with Crippen LogP contribution in [-0.2, 0) is 9.53 Å². The lowest BCUT2D eigenvalue weighted by molar-refractivity contribution is -0.142. The van der Waals surface area contributed by atoms with Gasteiger partial charge in [-0.2, -0.15) is 0 Å². The van der Waals surface area contributed by atoms with Gasteiger partial charge in [0.2, 0.25) is 0 Å². The van der Waals surface area contributed by atoms with Crippen molar-refractivity contribution in [1.82, 2.24) is 9.80 Å². The molecule has 0 saturated carbocycles. The van der Waals surface area contributed by atoms with Crippen LogP contribution in [0.2, 0.25) is 0 Å². The Morgan fingerprint density at radius 1 is 1.37 bits per heavy atom. The van der Waals surface area contributed by atoms with E-state index < -0.39 is 11.9 Å². The smallest absolute Gasteiger partial charge is 0.320 e. The number of urea groups is 1. The Hall–Kier alpha value is -1.34. The molecule has 1 saturated heterocycles. The Balaban J connectivity index is 2.62. The van der Waals surface area contributed by atoms with Gasteiger partial charge in [0.1, 0.15) is 0 Å². The number of hydrogen-bond acceptors (Lipinski definition) is 4. The van der Waals surface area contributed by atoms with Crippen LogP contribution in [0.4, 0.5) is 4.79 Å². The lowest BCUT2D eigenvalue weighted by Gasteiger charge is -2.27. The van der Waals surface area contributed by atoms with Gasteiger partial charge < -0.3 is 24.7 Å². The zero-order valence-corrected chi connectivity index (χ0v) is 11.4. The largest absolute Gasteiger partial charge is 0.481 e. The number of carbonyl (C=O) groups excluding carboxylic acids is 1. The summed E-state index contributed by atoms with van der Waals surface area (Å²) in [6.45, 7) is 3.37. The fourth-order valence-electron chi connectivity index (χ4n) is 2.27. The molecule has 0 bridgehead atoms. The molecular weight excluding hydrogens is 252 g/mol. The summed E-state index contributed by atoms with van der Waals surface area (Å²) in [5, 5.41) is 18.0. The molecule has 1 aliphatic rings. The molecule has 1 fully saturated rings. The van der Waals surface area contributed by atoms with Crippen LogP contribution in [0.25, 0.3) is 0 Å². The number of likely N-dealkylation sites (tertiary alicyclic amines) is 1. The third-order valence-electron chi connectivity index (χ3n) is 3.41. The molecule has 2 N–H and O–H groups in total. The molecule has 0 aromatic carbocycles. The van der Waals surface area contributed by atoms with Gasteiger partial charge in [0, 0.05) is 33.3 Å². The number of aliphatic hydroxyl groups excluding tert-OH is 1. The number of amides is 2. The fraction of sp³-hybridized carbons (Fsp3) is 0.833. The highest BCUT2D eigenvalue weighted by molar-refractivity contribution is 5.77. The van der Waals surface area contributed by atoms with Crippen LogP contribution in [0.1, 0.15) is 6.92 Å². The minimum Gasteiger partial charge on any atom is -0.481 e. The second-order valence-corrected chi connectivity index (χ2v) is 4.81. The van der Waals surface area contributed by atoms with Crippen molar-refractivity contribution in [2.45, 2.75) is 6.92 Å². The van der Waals surface area contributed by atoms with Crippen LogP contribution in [0.5, 0.6) is 0 Å². The van der Waals surface area contributed by atoms with Crippen LogP contribution < -0.4 is 0 Å². The third-order valence-corrected chi connectivity index (χ3v) is 3.41. The first kappa shape index (κ1) is 15.7. The third kappa shape index (κ3) is 4.07. The normalized spacial score (nSPS) is 22.6. The molecular formula is C12H22N2O5. The van der Waals surface area contributed by atoms with E-state index in [4.69, 9.17) is 14.9 Å². The van der Waals surface area contributed by atoms with Gasteiger partial charge in [-0.25, -0.2) is 4.79 Å². The molecule has 7 nitrogen and oxygen atoms in total. The maximum absolute atomic E-state index is 12.2. The Morgan fingerprint density at radius 2 is 2.05 bits per heavy atom. The van der Waals surface area contributed by atoms with E-state index in [1.807, 2.05) is 6.92 Å². The molecule has 1 aliphatic heterocycles. The van der Waals surface area contributed by atoms with E-state index in [-0.39, 0.29) is 31.6 Å². The number of aliphatic hydroxyl groups is 1. The van der Waals surface area contributed by atoms with Crippen LogP contribution >= 0.6 is 0 Å². The van der Waals surface area contributed by atoms with E-state index in [2.05, 4.69) is 0 Å². The van der Waals surface area contributed by atoms with Gasteiger partial charge in [0.25, 0.3) is 0 Å². The van der Waals surface area contributed by atoms with E-state index in [0.29, 0.717) is 19.7 Å². The van der Waals surface area contributed by atoms with Gasteiger partial charge in [-0.3, -0.25) is 4.79 Å². The minimum absolute atomic E-state index is 0.0557. The maximum atomic E-state index is 12.2. The van der Waals surface area contributed by atoms with Crippen LogP contribution in [0.3, 0.4) is 0 Å². The number of carboxylic acid groups (broad SMARTS) is 1.